The average molecular weight is 395 g/mol. The zero-order valence-electron chi connectivity index (χ0n) is 16.5. The summed E-state index contributed by atoms with van der Waals surface area (Å²) in [7, 11) is 3.05. The second-order valence-electron chi connectivity index (χ2n) is 6.77. The zero-order chi connectivity index (χ0) is 21.0. The minimum absolute atomic E-state index is 0.206. The van der Waals surface area contributed by atoms with Crippen molar-refractivity contribution in [3.63, 3.8) is 0 Å². The molecule has 0 saturated heterocycles. The molecular weight excluding hydrogens is 373 g/mol. The fourth-order valence-corrected chi connectivity index (χ4v) is 3.12. The second-order valence-corrected chi connectivity index (χ2v) is 6.77. The number of halogens is 1. The Kier molecular flexibility index (Phi) is 6.12. The van der Waals surface area contributed by atoms with E-state index >= 15 is 0 Å². The highest BCUT2D eigenvalue weighted by Crippen LogP contribution is 2.27. The van der Waals surface area contributed by atoms with Crippen LogP contribution in [0.3, 0.4) is 0 Å². The fraction of sp³-hybridized carbons (Fsp3) is 0.217. The Hall–Kier alpha value is -3.41. The van der Waals surface area contributed by atoms with Crippen molar-refractivity contribution in [2.45, 2.75) is 19.6 Å². The van der Waals surface area contributed by atoms with E-state index in [1.807, 2.05) is 24.3 Å². The lowest BCUT2D eigenvalue weighted by atomic mass is 10.1. The number of amides is 1. The van der Waals surface area contributed by atoms with Crippen LogP contribution < -0.4 is 4.74 Å². The van der Waals surface area contributed by atoms with Gasteiger partial charge in [0, 0.05) is 13.6 Å². The van der Waals surface area contributed by atoms with E-state index in [9.17, 15) is 14.0 Å². The van der Waals surface area contributed by atoms with E-state index in [0.29, 0.717) is 11.3 Å². The van der Waals surface area contributed by atoms with Crippen LogP contribution in [0.4, 0.5) is 4.39 Å². The van der Waals surface area contributed by atoms with Crippen molar-refractivity contribution in [1.29, 1.82) is 0 Å². The van der Waals surface area contributed by atoms with Crippen molar-refractivity contribution in [2.75, 3.05) is 14.2 Å². The predicted octanol–water partition coefficient (Wildman–Crippen LogP) is 4.19. The fourth-order valence-electron chi connectivity index (χ4n) is 3.12. The van der Waals surface area contributed by atoms with Gasteiger partial charge in [0.15, 0.2) is 6.10 Å². The van der Waals surface area contributed by atoms with Crippen LogP contribution in [0, 0.1) is 5.82 Å². The maximum Gasteiger partial charge on any atom is 0.342 e. The first-order valence-electron chi connectivity index (χ1n) is 9.16. The molecule has 0 aliphatic heterocycles. The Morgan fingerprint density at radius 1 is 1.03 bits per heavy atom. The Morgan fingerprint density at radius 3 is 2.38 bits per heavy atom. The lowest BCUT2D eigenvalue weighted by molar-refractivity contribution is -0.139. The van der Waals surface area contributed by atoms with E-state index in [1.165, 1.54) is 31.1 Å². The summed E-state index contributed by atoms with van der Waals surface area (Å²) in [6, 6.07) is 17.0. The van der Waals surface area contributed by atoms with Gasteiger partial charge in [-0.1, -0.05) is 36.4 Å². The van der Waals surface area contributed by atoms with Crippen molar-refractivity contribution in [3.05, 3.63) is 77.6 Å². The summed E-state index contributed by atoms with van der Waals surface area (Å²) >= 11 is 0. The van der Waals surface area contributed by atoms with E-state index in [1.54, 1.807) is 31.3 Å². The van der Waals surface area contributed by atoms with Crippen LogP contribution in [0.2, 0.25) is 0 Å². The highest BCUT2D eigenvalue weighted by molar-refractivity contribution is 5.99. The minimum atomic E-state index is -1.00. The number of esters is 1. The first kappa shape index (κ1) is 20.3. The van der Waals surface area contributed by atoms with Crippen molar-refractivity contribution in [3.8, 4) is 5.75 Å². The molecule has 0 N–H and O–H groups in total. The molecule has 0 aliphatic carbocycles. The summed E-state index contributed by atoms with van der Waals surface area (Å²) < 4.78 is 24.0. The number of rotatable bonds is 6. The third-order valence-corrected chi connectivity index (χ3v) is 4.60. The lowest BCUT2D eigenvalue weighted by Gasteiger charge is -2.22. The summed E-state index contributed by atoms with van der Waals surface area (Å²) in [5, 5.41) is 1.79. The van der Waals surface area contributed by atoms with E-state index in [0.717, 1.165) is 10.8 Å². The summed E-state index contributed by atoms with van der Waals surface area (Å²) in [4.78, 5) is 26.7. The van der Waals surface area contributed by atoms with Crippen LogP contribution in [0.5, 0.6) is 5.75 Å². The van der Waals surface area contributed by atoms with Gasteiger partial charge in [0.2, 0.25) is 0 Å². The number of hydrogen-bond acceptors (Lipinski definition) is 4. The van der Waals surface area contributed by atoms with Crippen LogP contribution >= 0.6 is 0 Å². The predicted molar refractivity (Wildman–Crippen MR) is 108 cm³/mol. The van der Waals surface area contributed by atoms with Gasteiger partial charge in [0.05, 0.1) is 7.11 Å². The third kappa shape index (κ3) is 4.71. The largest absolute Gasteiger partial charge is 0.496 e. The molecule has 5 nitrogen and oxygen atoms in total. The molecule has 3 rings (SSSR count). The molecule has 1 atom stereocenters. The molecule has 1 amide bonds. The van der Waals surface area contributed by atoms with Gasteiger partial charge in [-0.05, 0) is 47.5 Å². The molecule has 0 aliphatic rings. The highest BCUT2D eigenvalue weighted by Gasteiger charge is 2.24. The molecule has 29 heavy (non-hydrogen) atoms. The first-order valence-corrected chi connectivity index (χ1v) is 9.16. The number of carbonyl (C=O) groups excluding carboxylic acids is 2. The van der Waals surface area contributed by atoms with Gasteiger partial charge in [0.1, 0.15) is 17.1 Å². The summed E-state index contributed by atoms with van der Waals surface area (Å²) in [6.07, 6.45) is -1.00. The Labute approximate surface area is 168 Å². The molecule has 0 bridgehead atoms. The van der Waals surface area contributed by atoms with E-state index < -0.39 is 12.1 Å². The summed E-state index contributed by atoms with van der Waals surface area (Å²) in [5.74, 6) is -1.03. The van der Waals surface area contributed by atoms with Crippen LogP contribution in [0.25, 0.3) is 10.8 Å². The number of fused-ring (bicyclic) bond motifs is 1. The van der Waals surface area contributed by atoms with Gasteiger partial charge < -0.3 is 14.4 Å². The van der Waals surface area contributed by atoms with Gasteiger partial charge in [-0.25, -0.2) is 9.18 Å². The number of methoxy groups -OCH3 is 1. The smallest absolute Gasteiger partial charge is 0.342 e. The topological polar surface area (TPSA) is 55.8 Å². The minimum Gasteiger partial charge on any atom is -0.496 e. The van der Waals surface area contributed by atoms with Gasteiger partial charge in [-0.15, -0.1) is 0 Å². The molecule has 6 heteroatoms. The number of carbonyl (C=O) groups is 2. The molecule has 0 spiro atoms. The van der Waals surface area contributed by atoms with Gasteiger partial charge in [-0.3, -0.25) is 4.79 Å². The maximum atomic E-state index is 13.3. The maximum absolute atomic E-state index is 13.3. The molecular formula is C23H22FNO4. The number of ether oxygens (including phenoxy) is 2. The van der Waals surface area contributed by atoms with Crippen molar-refractivity contribution in [1.82, 2.24) is 4.90 Å². The Bertz CT molecular complexity index is 1050. The van der Waals surface area contributed by atoms with Crippen LogP contribution in [-0.4, -0.2) is 37.0 Å². The number of nitrogens with zero attached hydrogens (tertiary/aromatic N) is 1. The van der Waals surface area contributed by atoms with Gasteiger partial charge in [0.25, 0.3) is 5.91 Å². The molecule has 0 unspecified atom stereocenters. The molecule has 0 fully saturated rings. The molecule has 0 radical (unpaired) electrons. The number of hydrogen-bond donors (Lipinski definition) is 0. The molecule has 0 heterocycles. The molecule has 0 saturated carbocycles. The van der Waals surface area contributed by atoms with Crippen LogP contribution in [0.1, 0.15) is 22.8 Å². The average Bonchev–Trinajstić information content (AvgIpc) is 2.71. The van der Waals surface area contributed by atoms with Crippen molar-refractivity contribution >= 4 is 22.6 Å². The highest BCUT2D eigenvalue weighted by atomic mass is 19.1. The number of likely N-dealkylation sites (N-methyl/N-ethyl adjacent to an activating group) is 1. The standard InChI is InChI=1S/C23H22FNO4/c1-15(22(26)25(2)14-16-7-6-10-19(24)11-16)29-23(27)20-12-17-8-4-5-9-18(17)13-21(20)28-3/h4-13,15H,14H2,1-3H3/t15-/m1/s1. The third-order valence-electron chi connectivity index (χ3n) is 4.60. The number of benzene rings is 3. The zero-order valence-corrected chi connectivity index (χ0v) is 16.5. The molecule has 3 aromatic rings. The van der Waals surface area contributed by atoms with Gasteiger partial charge in [-0.2, -0.15) is 0 Å². The molecule has 0 aromatic heterocycles. The Morgan fingerprint density at radius 2 is 1.72 bits per heavy atom. The molecule has 3 aromatic carbocycles. The lowest BCUT2D eigenvalue weighted by Crippen LogP contribution is -2.37. The molecule has 150 valence electrons. The van der Waals surface area contributed by atoms with E-state index in [4.69, 9.17) is 9.47 Å². The second kappa shape index (κ2) is 8.73. The van der Waals surface area contributed by atoms with E-state index in [2.05, 4.69) is 0 Å². The summed E-state index contributed by atoms with van der Waals surface area (Å²) in [5.41, 5.74) is 0.897. The quantitative estimate of drug-likeness (QED) is 0.587. The van der Waals surface area contributed by atoms with Crippen molar-refractivity contribution in [2.24, 2.45) is 0 Å². The van der Waals surface area contributed by atoms with Gasteiger partial charge >= 0.3 is 5.97 Å². The summed E-state index contributed by atoms with van der Waals surface area (Å²) in [6.45, 7) is 1.72. The SMILES string of the molecule is COc1cc2ccccc2cc1C(=O)O[C@H](C)C(=O)N(C)Cc1cccc(F)c1. The first-order chi connectivity index (χ1) is 13.9. The van der Waals surface area contributed by atoms with E-state index in [-0.39, 0.29) is 23.8 Å². The van der Waals surface area contributed by atoms with Crippen molar-refractivity contribution < 1.29 is 23.5 Å². The monoisotopic (exact) mass is 395 g/mol. The van der Waals surface area contributed by atoms with Crippen LogP contribution in [0.15, 0.2) is 60.7 Å². The Balaban J connectivity index is 1.72. The normalized spacial score (nSPS) is 11.7. The van der Waals surface area contributed by atoms with Crippen LogP contribution in [-0.2, 0) is 16.1 Å².